The number of hydrogen-bond donors (Lipinski definition) is 0. The highest BCUT2D eigenvalue weighted by Gasteiger charge is 2.50. The summed E-state index contributed by atoms with van der Waals surface area (Å²) in [6.07, 6.45) is 7.26. The van der Waals surface area contributed by atoms with Gasteiger partial charge in [0.25, 0.3) is 0 Å². The lowest BCUT2D eigenvalue weighted by atomic mass is 9.57. The number of allylic oxidation sites excluding steroid dienone is 4. The largest absolute Gasteiger partial charge is 0.297 e. The molecule has 146 valence electrons. The zero-order chi connectivity index (χ0) is 20.4. The number of hydrogen-bond acceptors (Lipinski definition) is 1. The van der Waals surface area contributed by atoms with Crippen molar-refractivity contribution in [1.82, 2.24) is 0 Å². The average Bonchev–Trinajstić information content (AvgIpc) is 2.73. The Labute approximate surface area is 170 Å². The summed E-state index contributed by atoms with van der Waals surface area (Å²) in [6, 6.07) is 20.5. The maximum Gasteiger partial charge on any atom is 0.157 e. The fourth-order valence-corrected chi connectivity index (χ4v) is 4.45. The van der Waals surface area contributed by atoms with Gasteiger partial charge in [-0.2, -0.15) is 0 Å². The number of carbonyl (C=O) groups is 1. The summed E-state index contributed by atoms with van der Waals surface area (Å²) >= 11 is 0. The molecule has 0 aliphatic heterocycles. The highest BCUT2D eigenvalue weighted by atomic mass is 16.1. The first-order chi connectivity index (χ1) is 13.3. The van der Waals surface area contributed by atoms with E-state index in [1.807, 2.05) is 36.4 Å². The third kappa shape index (κ3) is 3.39. The fraction of sp³-hybridized carbons (Fsp3) is 0.370. The zero-order valence-electron chi connectivity index (χ0n) is 17.8. The Balaban J connectivity index is 2.19. The van der Waals surface area contributed by atoms with Crippen molar-refractivity contribution in [3.05, 3.63) is 95.6 Å². The number of carbonyl (C=O) groups excluding carboxylic acids is 1. The minimum Gasteiger partial charge on any atom is -0.297 e. The van der Waals surface area contributed by atoms with E-state index in [1.165, 1.54) is 5.57 Å². The Hall–Kier alpha value is -2.41. The summed E-state index contributed by atoms with van der Waals surface area (Å²) in [7, 11) is 0. The van der Waals surface area contributed by atoms with Crippen molar-refractivity contribution in [2.45, 2.75) is 46.5 Å². The molecule has 2 aromatic rings. The molecule has 1 aliphatic carbocycles. The lowest BCUT2D eigenvalue weighted by Gasteiger charge is -2.44. The molecule has 3 rings (SSSR count). The van der Waals surface area contributed by atoms with Crippen molar-refractivity contribution < 1.29 is 4.79 Å². The fourth-order valence-electron chi connectivity index (χ4n) is 4.45. The minimum absolute atomic E-state index is 0.213. The maximum absolute atomic E-state index is 14.5. The van der Waals surface area contributed by atoms with Crippen LogP contribution in [0.3, 0.4) is 0 Å². The normalized spacial score (nSPS) is 19.8. The van der Waals surface area contributed by atoms with Gasteiger partial charge in [0.15, 0.2) is 5.78 Å². The van der Waals surface area contributed by atoms with Crippen molar-refractivity contribution in [3.8, 4) is 0 Å². The summed E-state index contributed by atoms with van der Waals surface area (Å²) in [4.78, 5) is 14.5. The van der Waals surface area contributed by atoms with Gasteiger partial charge in [0.2, 0.25) is 0 Å². The second kappa shape index (κ2) is 7.91. The average molecular weight is 373 g/mol. The van der Waals surface area contributed by atoms with E-state index in [9.17, 15) is 4.79 Å². The number of Topliss-reactive ketones (excluding diaryl/α,β-unsaturated/α-hetero) is 1. The molecule has 0 saturated heterocycles. The standard InChI is InChI=1S/C27H32O/c1-20(2)22-13-12-18-27(19-22,21(3)4)25(28)26(5,23-14-8-6-9-15-23)24-16-10-7-11-17-24/h6-18,20-21H,19H2,1-5H3. The van der Waals surface area contributed by atoms with E-state index >= 15 is 0 Å². The van der Waals surface area contributed by atoms with Crippen LogP contribution in [0.25, 0.3) is 0 Å². The van der Waals surface area contributed by atoms with Gasteiger partial charge in [-0.05, 0) is 36.3 Å². The second-order valence-corrected chi connectivity index (χ2v) is 8.81. The van der Waals surface area contributed by atoms with Crippen molar-refractivity contribution >= 4 is 5.78 Å². The maximum atomic E-state index is 14.5. The van der Waals surface area contributed by atoms with E-state index in [4.69, 9.17) is 0 Å². The molecule has 0 aromatic heterocycles. The molecule has 1 atom stereocenters. The van der Waals surface area contributed by atoms with Crippen LogP contribution < -0.4 is 0 Å². The second-order valence-electron chi connectivity index (χ2n) is 8.81. The predicted molar refractivity (Wildman–Crippen MR) is 118 cm³/mol. The summed E-state index contributed by atoms with van der Waals surface area (Å²) in [6.45, 7) is 10.9. The van der Waals surface area contributed by atoms with E-state index in [0.717, 1.165) is 17.5 Å². The van der Waals surface area contributed by atoms with Crippen LogP contribution in [0.5, 0.6) is 0 Å². The molecular weight excluding hydrogens is 340 g/mol. The molecule has 0 fully saturated rings. The van der Waals surface area contributed by atoms with Crippen LogP contribution >= 0.6 is 0 Å². The van der Waals surface area contributed by atoms with Crippen LogP contribution in [0.2, 0.25) is 0 Å². The SMILES string of the molecule is CC(C)C1=CC=CC(C(=O)C(C)(c2ccccc2)c2ccccc2)(C(C)C)C1. The van der Waals surface area contributed by atoms with Gasteiger partial charge < -0.3 is 0 Å². The molecular formula is C27H32O. The van der Waals surface area contributed by atoms with Crippen molar-refractivity contribution in [2.75, 3.05) is 0 Å². The van der Waals surface area contributed by atoms with E-state index in [-0.39, 0.29) is 11.7 Å². The van der Waals surface area contributed by atoms with E-state index in [2.05, 4.69) is 77.1 Å². The molecule has 0 radical (unpaired) electrons. The number of benzene rings is 2. The summed E-state index contributed by atoms with van der Waals surface area (Å²) in [5.41, 5.74) is 2.26. The molecule has 0 N–H and O–H groups in total. The highest BCUT2D eigenvalue weighted by molar-refractivity contribution is 5.99. The first-order valence-corrected chi connectivity index (χ1v) is 10.4. The van der Waals surface area contributed by atoms with E-state index in [1.54, 1.807) is 0 Å². The minimum atomic E-state index is -0.698. The van der Waals surface area contributed by atoms with Gasteiger partial charge in [-0.1, -0.05) is 112 Å². The lowest BCUT2D eigenvalue weighted by Crippen LogP contribution is -2.48. The summed E-state index contributed by atoms with van der Waals surface area (Å²) in [5.74, 6) is 0.941. The Morgan fingerprint density at radius 3 is 1.82 bits per heavy atom. The van der Waals surface area contributed by atoms with Crippen molar-refractivity contribution in [3.63, 3.8) is 0 Å². The molecule has 28 heavy (non-hydrogen) atoms. The molecule has 0 amide bonds. The molecule has 0 heterocycles. The van der Waals surface area contributed by atoms with Crippen LogP contribution in [0.4, 0.5) is 0 Å². The third-order valence-corrected chi connectivity index (χ3v) is 6.55. The van der Waals surface area contributed by atoms with Gasteiger partial charge in [-0.15, -0.1) is 0 Å². The molecule has 1 nitrogen and oxygen atoms in total. The Kier molecular flexibility index (Phi) is 5.74. The topological polar surface area (TPSA) is 17.1 Å². The van der Waals surface area contributed by atoms with Gasteiger partial charge in [0, 0.05) is 0 Å². The molecule has 0 bridgehead atoms. The third-order valence-electron chi connectivity index (χ3n) is 6.55. The van der Waals surface area contributed by atoms with Crippen molar-refractivity contribution in [1.29, 1.82) is 0 Å². The molecule has 2 aromatic carbocycles. The van der Waals surface area contributed by atoms with E-state index < -0.39 is 10.8 Å². The van der Waals surface area contributed by atoms with Crippen LogP contribution in [-0.4, -0.2) is 5.78 Å². The van der Waals surface area contributed by atoms with E-state index in [0.29, 0.717) is 5.92 Å². The number of rotatable bonds is 6. The summed E-state index contributed by atoms with van der Waals surface area (Å²) in [5, 5.41) is 0. The molecule has 0 saturated carbocycles. The molecule has 1 heteroatoms. The van der Waals surface area contributed by atoms with Gasteiger partial charge in [-0.25, -0.2) is 0 Å². The first-order valence-electron chi connectivity index (χ1n) is 10.4. The van der Waals surface area contributed by atoms with Crippen LogP contribution in [0, 0.1) is 17.3 Å². The highest BCUT2D eigenvalue weighted by Crippen LogP contribution is 2.48. The van der Waals surface area contributed by atoms with Crippen LogP contribution in [0.1, 0.15) is 52.2 Å². The van der Waals surface area contributed by atoms with Gasteiger partial charge in [0.05, 0.1) is 10.8 Å². The van der Waals surface area contributed by atoms with Gasteiger partial charge in [0.1, 0.15) is 0 Å². The molecule has 0 spiro atoms. The quantitative estimate of drug-likeness (QED) is 0.548. The Morgan fingerprint density at radius 1 is 0.893 bits per heavy atom. The molecule has 1 unspecified atom stereocenters. The molecule has 1 aliphatic rings. The monoisotopic (exact) mass is 372 g/mol. The smallest absolute Gasteiger partial charge is 0.157 e. The predicted octanol–water partition coefficient (Wildman–Crippen LogP) is 6.75. The Morgan fingerprint density at radius 2 is 1.39 bits per heavy atom. The Bertz CT molecular complexity index is 831. The first kappa shape index (κ1) is 20.3. The number of ketones is 1. The van der Waals surface area contributed by atoms with Crippen LogP contribution in [0.15, 0.2) is 84.5 Å². The zero-order valence-corrected chi connectivity index (χ0v) is 17.8. The summed E-state index contributed by atoms with van der Waals surface area (Å²) < 4.78 is 0. The lowest BCUT2D eigenvalue weighted by molar-refractivity contribution is -0.132. The van der Waals surface area contributed by atoms with Gasteiger partial charge >= 0.3 is 0 Å². The van der Waals surface area contributed by atoms with Crippen LogP contribution in [-0.2, 0) is 10.2 Å². The van der Waals surface area contributed by atoms with Crippen molar-refractivity contribution in [2.24, 2.45) is 17.3 Å². The van der Waals surface area contributed by atoms with Gasteiger partial charge in [-0.3, -0.25) is 4.79 Å².